The first-order chi connectivity index (χ1) is 6.86. The molecule has 1 aromatic rings. The molecular weight excluding hydrogens is 172 g/mol. The van der Waals surface area contributed by atoms with E-state index in [9.17, 15) is 0 Å². The van der Waals surface area contributed by atoms with Gasteiger partial charge < -0.3 is 11.1 Å². The molecule has 0 aromatic heterocycles. The van der Waals surface area contributed by atoms with Crippen LogP contribution in [0.4, 0.5) is 5.69 Å². The lowest BCUT2D eigenvalue weighted by Gasteiger charge is -2.15. The predicted octanol–water partition coefficient (Wildman–Crippen LogP) is 2.47. The molecule has 0 aliphatic rings. The first-order valence-corrected chi connectivity index (χ1v) is 5.35. The van der Waals surface area contributed by atoms with Crippen molar-refractivity contribution in [2.75, 3.05) is 18.4 Å². The van der Waals surface area contributed by atoms with Crippen LogP contribution in [0.15, 0.2) is 30.3 Å². The van der Waals surface area contributed by atoms with E-state index in [1.807, 2.05) is 18.2 Å². The average Bonchev–Trinajstić information content (AvgIpc) is 2.25. The molecule has 1 aromatic carbocycles. The summed E-state index contributed by atoms with van der Waals surface area (Å²) in [7, 11) is 0. The van der Waals surface area contributed by atoms with Gasteiger partial charge in [-0.2, -0.15) is 0 Å². The van der Waals surface area contributed by atoms with Gasteiger partial charge >= 0.3 is 0 Å². The van der Waals surface area contributed by atoms with E-state index in [1.165, 1.54) is 18.5 Å². The maximum Gasteiger partial charge on any atom is 0.0340 e. The molecule has 0 heterocycles. The van der Waals surface area contributed by atoms with Crippen LogP contribution in [0.2, 0.25) is 0 Å². The summed E-state index contributed by atoms with van der Waals surface area (Å²) < 4.78 is 0. The third-order valence-electron chi connectivity index (χ3n) is 2.40. The summed E-state index contributed by atoms with van der Waals surface area (Å²) >= 11 is 0. The number of benzene rings is 1. The Labute approximate surface area is 86.5 Å². The monoisotopic (exact) mass is 192 g/mol. The molecule has 0 amide bonds. The normalized spacial score (nSPS) is 12.4. The molecule has 0 fully saturated rings. The SMILES string of the molecule is CCCC(CN)CNc1ccccc1. The van der Waals surface area contributed by atoms with Gasteiger partial charge in [0.25, 0.3) is 0 Å². The van der Waals surface area contributed by atoms with Crippen molar-refractivity contribution in [3.8, 4) is 0 Å². The van der Waals surface area contributed by atoms with Crippen molar-refractivity contribution in [2.45, 2.75) is 19.8 Å². The van der Waals surface area contributed by atoms with E-state index in [0.29, 0.717) is 5.92 Å². The molecule has 14 heavy (non-hydrogen) atoms. The van der Waals surface area contributed by atoms with Crippen molar-refractivity contribution in [3.05, 3.63) is 30.3 Å². The van der Waals surface area contributed by atoms with Crippen LogP contribution in [0.1, 0.15) is 19.8 Å². The Bertz CT molecular complexity index is 233. The number of nitrogens with two attached hydrogens (primary N) is 1. The van der Waals surface area contributed by atoms with Gasteiger partial charge in [0.2, 0.25) is 0 Å². The molecular formula is C12H20N2. The van der Waals surface area contributed by atoms with Crippen LogP contribution in [0.3, 0.4) is 0 Å². The first kappa shape index (κ1) is 11.1. The zero-order chi connectivity index (χ0) is 10.2. The van der Waals surface area contributed by atoms with Gasteiger partial charge in [0.1, 0.15) is 0 Å². The molecule has 1 atom stereocenters. The Kier molecular flexibility index (Phi) is 5.08. The minimum Gasteiger partial charge on any atom is -0.385 e. The summed E-state index contributed by atoms with van der Waals surface area (Å²) in [5, 5.41) is 3.40. The molecule has 1 rings (SSSR count). The van der Waals surface area contributed by atoms with Gasteiger partial charge in [-0.05, 0) is 31.0 Å². The Morgan fingerprint density at radius 3 is 2.57 bits per heavy atom. The second-order valence-corrected chi connectivity index (χ2v) is 3.64. The largest absolute Gasteiger partial charge is 0.385 e. The highest BCUT2D eigenvalue weighted by atomic mass is 14.9. The smallest absolute Gasteiger partial charge is 0.0340 e. The lowest BCUT2D eigenvalue weighted by Crippen LogP contribution is -2.22. The zero-order valence-corrected chi connectivity index (χ0v) is 8.87. The number of rotatable bonds is 6. The second-order valence-electron chi connectivity index (χ2n) is 3.64. The van der Waals surface area contributed by atoms with Gasteiger partial charge in [0, 0.05) is 12.2 Å². The summed E-state index contributed by atoms with van der Waals surface area (Å²) in [6, 6.07) is 10.3. The van der Waals surface area contributed by atoms with Crippen LogP contribution in [0.25, 0.3) is 0 Å². The number of nitrogens with one attached hydrogen (secondary N) is 1. The number of para-hydroxylation sites is 1. The fraction of sp³-hybridized carbons (Fsp3) is 0.500. The molecule has 78 valence electrons. The van der Waals surface area contributed by atoms with Gasteiger partial charge in [-0.25, -0.2) is 0 Å². The van der Waals surface area contributed by atoms with E-state index in [4.69, 9.17) is 5.73 Å². The molecule has 0 aliphatic heterocycles. The van der Waals surface area contributed by atoms with Crippen LogP contribution in [-0.2, 0) is 0 Å². The summed E-state index contributed by atoms with van der Waals surface area (Å²) in [4.78, 5) is 0. The standard InChI is InChI=1S/C12H20N2/c1-2-6-11(9-13)10-14-12-7-4-3-5-8-12/h3-5,7-8,11,14H,2,6,9-10,13H2,1H3. The van der Waals surface area contributed by atoms with Crippen molar-refractivity contribution >= 4 is 5.69 Å². The van der Waals surface area contributed by atoms with Crippen LogP contribution in [0, 0.1) is 5.92 Å². The third kappa shape index (κ3) is 3.79. The van der Waals surface area contributed by atoms with Gasteiger partial charge in [-0.3, -0.25) is 0 Å². The fourth-order valence-electron chi connectivity index (χ4n) is 1.53. The van der Waals surface area contributed by atoms with Crippen LogP contribution < -0.4 is 11.1 Å². The lowest BCUT2D eigenvalue weighted by atomic mass is 10.0. The van der Waals surface area contributed by atoms with E-state index in [0.717, 1.165) is 13.1 Å². The summed E-state index contributed by atoms with van der Waals surface area (Å²) in [6.45, 7) is 3.95. The fourth-order valence-corrected chi connectivity index (χ4v) is 1.53. The van der Waals surface area contributed by atoms with Gasteiger partial charge in [-0.15, -0.1) is 0 Å². The van der Waals surface area contributed by atoms with Gasteiger partial charge in [-0.1, -0.05) is 31.5 Å². The van der Waals surface area contributed by atoms with Crippen LogP contribution >= 0.6 is 0 Å². The predicted molar refractivity (Wildman–Crippen MR) is 62.4 cm³/mol. The van der Waals surface area contributed by atoms with E-state index >= 15 is 0 Å². The molecule has 3 N–H and O–H groups in total. The molecule has 0 saturated heterocycles. The van der Waals surface area contributed by atoms with Crippen molar-refractivity contribution in [3.63, 3.8) is 0 Å². The Balaban J connectivity index is 2.32. The van der Waals surface area contributed by atoms with Crippen molar-refractivity contribution in [1.82, 2.24) is 0 Å². The number of hydrogen-bond acceptors (Lipinski definition) is 2. The zero-order valence-electron chi connectivity index (χ0n) is 8.87. The molecule has 0 saturated carbocycles. The lowest BCUT2D eigenvalue weighted by molar-refractivity contribution is 0.514. The Morgan fingerprint density at radius 1 is 1.29 bits per heavy atom. The summed E-state index contributed by atoms with van der Waals surface area (Å²) in [6.07, 6.45) is 2.41. The highest BCUT2D eigenvalue weighted by Gasteiger charge is 2.04. The molecule has 0 aliphatic carbocycles. The summed E-state index contributed by atoms with van der Waals surface area (Å²) in [5.74, 6) is 0.597. The van der Waals surface area contributed by atoms with Crippen molar-refractivity contribution < 1.29 is 0 Å². The van der Waals surface area contributed by atoms with Gasteiger partial charge in [0.05, 0.1) is 0 Å². The first-order valence-electron chi connectivity index (χ1n) is 5.35. The van der Waals surface area contributed by atoms with Crippen LogP contribution in [0.5, 0.6) is 0 Å². The van der Waals surface area contributed by atoms with Crippen LogP contribution in [-0.4, -0.2) is 13.1 Å². The Hall–Kier alpha value is -1.02. The van der Waals surface area contributed by atoms with Crippen molar-refractivity contribution in [1.29, 1.82) is 0 Å². The maximum absolute atomic E-state index is 5.68. The summed E-state index contributed by atoms with van der Waals surface area (Å²) in [5.41, 5.74) is 6.87. The minimum atomic E-state index is 0.597. The molecule has 0 radical (unpaired) electrons. The van der Waals surface area contributed by atoms with E-state index < -0.39 is 0 Å². The quantitative estimate of drug-likeness (QED) is 0.726. The molecule has 0 bridgehead atoms. The number of hydrogen-bond donors (Lipinski definition) is 2. The topological polar surface area (TPSA) is 38.0 Å². The Morgan fingerprint density at radius 2 is 2.00 bits per heavy atom. The van der Waals surface area contributed by atoms with Gasteiger partial charge in [0.15, 0.2) is 0 Å². The maximum atomic E-state index is 5.68. The highest BCUT2D eigenvalue weighted by Crippen LogP contribution is 2.09. The minimum absolute atomic E-state index is 0.597. The highest BCUT2D eigenvalue weighted by molar-refractivity contribution is 5.42. The van der Waals surface area contributed by atoms with E-state index in [-0.39, 0.29) is 0 Å². The second kappa shape index (κ2) is 6.44. The number of anilines is 1. The van der Waals surface area contributed by atoms with E-state index in [2.05, 4.69) is 24.4 Å². The van der Waals surface area contributed by atoms with Crippen molar-refractivity contribution in [2.24, 2.45) is 11.7 Å². The molecule has 2 nitrogen and oxygen atoms in total. The third-order valence-corrected chi connectivity index (χ3v) is 2.40. The molecule has 0 spiro atoms. The molecule has 1 unspecified atom stereocenters. The molecule has 2 heteroatoms. The van der Waals surface area contributed by atoms with E-state index in [1.54, 1.807) is 0 Å². The average molecular weight is 192 g/mol.